The third-order valence-electron chi connectivity index (χ3n) is 3.60. The van der Waals surface area contributed by atoms with Gasteiger partial charge in [0.25, 0.3) is 0 Å². The van der Waals surface area contributed by atoms with E-state index >= 15 is 0 Å². The SMILES string of the molecule is CCCC(O)(c1c(Cl)cnn1CCOC)C1CC1. The van der Waals surface area contributed by atoms with Crippen molar-refractivity contribution in [3.8, 4) is 0 Å². The maximum absolute atomic E-state index is 11.0. The van der Waals surface area contributed by atoms with Gasteiger partial charge in [0.15, 0.2) is 0 Å². The highest BCUT2D eigenvalue weighted by Crippen LogP contribution is 2.49. The fraction of sp³-hybridized carbons (Fsp3) is 0.769. The first-order valence-corrected chi connectivity index (χ1v) is 6.94. The Morgan fingerprint density at radius 2 is 2.33 bits per heavy atom. The zero-order chi connectivity index (χ0) is 13.2. The van der Waals surface area contributed by atoms with E-state index in [1.54, 1.807) is 18.0 Å². The first-order valence-electron chi connectivity index (χ1n) is 6.56. The highest BCUT2D eigenvalue weighted by Gasteiger charge is 2.47. The molecule has 1 aromatic rings. The van der Waals surface area contributed by atoms with Gasteiger partial charge in [0.05, 0.1) is 30.1 Å². The highest BCUT2D eigenvalue weighted by molar-refractivity contribution is 6.31. The summed E-state index contributed by atoms with van der Waals surface area (Å²) in [6.45, 7) is 3.27. The number of rotatable bonds is 7. The van der Waals surface area contributed by atoms with Gasteiger partial charge in [0.2, 0.25) is 0 Å². The number of hydrogen-bond acceptors (Lipinski definition) is 3. The lowest BCUT2D eigenvalue weighted by Crippen LogP contribution is -2.32. The van der Waals surface area contributed by atoms with Gasteiger partial charge in [0, 0.05) is 7.11 Å². The number of nitrogens with zero attached hydrogens (tertiary/aromatic N) is 2. The van der Waals surface area contributed by atoms with Gasteiger partial charge in [-0.15, -0.1) is 0 Å². The normalized spacial score (nSPS) is 18.9. The lowest BCUT2D eigenvalue weighted by atomic mass is 9.88. The van der Waals surface area contributed by atoms with Gasteiger partial charge in [-0.2, -0.15) is 5.10 Å². The molecule has 1 aliphatic carbocycles. The molecule has 0 radical (unpaired) electrons. The van der Waals surface area contributed by atoms with E-state index in [4.69, 9.17) is 16.3 Å². The molecule has 1 heterocycles. The molecule has 1 saturated carbocycles. The van der Waals surface area contributed by atoms with Crippen LogP contribution in [0.4, 0.5) is 0 Å². The quantitative estimate of drug-likeness (QED) is 0.830. The molecule has 0 spiro atoms. The van der Waals surface area contributed by atoms with Gasteiger partial charge in [-0.05, 0) is 25.2 Å². The van der Waals surface area contributed by atoms with Crippen molar-refractivity contribution in [2.24, 2.45) is 5.92 Å². The van der Waals surface area contributed by atoms with Crippen molar-refractivity contribution >= 4 is 11.6 Å². The minimum Gasteiger partial charge on any atom is -0.383 e. The predicted molar refractivity (Wildman–Crippen MR) is 70.6 cm³/mol. The van der Waals surface area contributed by atoms with Crippen LogP contribution >= 0.6 is 11.6 Å². The Balaban J connectivity index is 2.31. The summed E-state index contributed by atoms with van der Waals surface area (Å²) < 4.78 is 6.86. The zero-order valence-electron chi connectivity index (χ0n) is 11.0. The second-order valence-corrected chi connectivity index (χ2v) is 5.41. The van der Waals surface area contributed by atoms with Crippen molar-refractivity contribution in [1.29, 1.82) is 0 Å². The molecule has 2 rings (SSSR count). The van der Waals surface area contributed by atoms with E-state index in [2.05, 4.69) is 12.0 Å². The van der Waals surface area contributed by atoms with Crippen molar-refractivity contribution in [2.75, 3.05) is 13.7 Å². The second-order valence-electron chi connectivity index (χ2n) is 5.01. The summed E-state index contributed by atoms with van der Waals surface area (Å²) in [6.07, 6.45) is 5.43. The van der Waals surface area contributed by atoms with Crippen LogP contribution in [-0.2, 0) is 16.9 Å². The first kappa shape index (κ1) is 13.8. The fourth-order valence-electron chi connectivity index (χ4n) is 2.60. The molecule has 0 amide bonds. The van der Waals surface area contributed by atoms with Crippen LogP contribution in [0.15, 0.2) is 6.20 Å². The summed E-state index contributed by atoms with van der Waals surface area (Å²) >= 11 is 6.23. The second kappa shape index (κ2) is 5.59. The standard InChI is InChI=1S/C13H21ClN2O2/c1-3-6-13(17,10-4-5-10)12-11(14)9-15-16(12)7-8-18-2/h9-10,17H,3-8H2,1-2H3. The summed E-state index contributed by atoms with van der Waals surface area (Å²) in [5.41, 5.74) is -0.0543. The average Bonchev–Trinajstić information content (AvgIpc) is 3.12. The Morgan fingerprint density at radius 1 is 1.61 bits per heavy atom. The minimum atomic E-state index is -0.823. The van der Waals surface area contributed by atoms with Crippen LogP contribution in [0.25, 0.3) is 0 Å². The molecular weight excluding hydrogens is 252 g/mol. The number of aromatic nitrogens is 2. The Kier molecular flexibility index (Phi) is 4.30. The monoisotopic (exact) mass is 272 g/mol. The molecule has 0 bridgehead atoms. The lowest BCUT2D eigenvalue weighted by Gasteiger charge is -2.29. The summed E-state index contributed by atoms with van der Waals surface area (Å²) in [4.78, 5) is 0. The average molecular weight is 273 g/mol. The molecule has 1 N–H and O–H groups in total. The van der Waals surface area contributed by atoms with Crippen LogP contribution in [0.1, 0.15) is 38.3 Å². The van der Waals surface area contributed by atoms with E-state index in [1.807, 2.05) is 0 Å². The minimum absolute atomic E-state index is 0.327. The van der Waals surface area contributed by atoms with Crippen molar-refractivity contribution < 1.29 is 9.84 Å². The number of ether oxygens (including phenoxy) is 1. The highest BCUT2D eigenvalue weighted by atomic mass is 35.5. The Bertz CT molecular complexity index is 404. The summed E-state index contributed by atoms with van der Waals surface area (Å²) in [7, 11) is 1.66. The maximum Gasteiger partial charge on any atom is 0.110 e. The van der Waals surface area contributed by atoms with E-state index in [9.17, 15) is 5.11 Å². The molecule has 1 aromatic heterocycles. The summed E-state index contributed by atoms with van der Waals surface area (Å²) in [6, 6.07) is 0. The number of methoxy groups -OCH3 is 1. The Morgan fingerprint density at radius 3 is 2.89 bits per heavy atom. The fourth-order valence-corrected chi connectivity index (χ4v) is 2.90. The van der Waals surface area contributed by atoms with Crippen LogP contribution < -0.4 is 0 Å². The van der Waals surface area contributed by atoms with Gasteiger partial charge >= 0.3 is 0 Å². The van der Waals surface area contributed by atoms with Crippen LogP contribution in [0.3, 0.4) is 0 Å². The van der Waals surface area contributed by atoms with Gasteiger partial charge in [-0.1, -0.05) is 24.9 Å². The molecule has 1 aliphatic rings. The number of hydrogen-bond donors (Lipinski definition) is 1. The molecule has 1 unspecified atom stereocenters. The predicted octanol–water partition coefficient (Wildman–Crippen LogP) is 2.58. The molecular formula is C13H21ClN2O2. The summed E-state index contributed by atoms with van der Waals surface area (Å²) in [5, 5.41) is 15.8. The zero-order valence-corrected chi connectivity index (χ0v) is 11.8. The topological polar surface area (TPSA) is 47.3 Å². The van der Waals surface area contributed by atoms with E-state index in [0.717, 1.165) is 31.4 Å². The van der Waals surface area contributed by atoms with Gasteiger partial charge in [-0.25, -0.2) is 0 Å². The molecule has 0 saturated heterocycles. The molecule has 102 valence electrons. The largest absolute Gasteiger partial charge is 0.383 e. The summed E-state index contributed by atoms with van der Waals surface area (Å²) in [5.74, 6) is 0.327. The van der Waals surface area contributed by atoms with Crippen molar-refractivity contribution in [3.05, 3.63) is 16.9 Å². The van der Waals surface area contributed by atoms with E-state index in [0.29, 0.717) is 24.1 Å². The van der Waals surface area contributed by atoms with Gasteiger partial charge in [0.1, 0.15) is 5.60 Å². The molecule has 4 nitrogen and oxygen atoms in total. The van der Waals surface area contributed by atoms with Crippen LogP contribution in [0.5, 0.6) is 0 Å². The molecule has 5 heteroatoms. The van der Waals surface area contributed by atoms with Crippen molar-refractivity contribution in [3.63, 3.8) is 0 Å². The third-order valence-corrected chi connectivity index (χ3v) is 3.87. The number of halogens is 1. The van der Waals surface area contributed by atoms with E-state index < -0.39 is 5.60 Å². The van der Waals surface area contributed by atoms with Crippen LogP contribution in [0, 0.1) is 5.92 Å². The Labute approximate surface area is 113 Å². The number of aliphatic hydroxyl groups is 1. The lowest BCUT2D eigenvalue weighted by molar-refractivity contribution is -0.00600. The van der Waals surface area contributed by atoms with Crippen molar-refractivity contribution in [2.45, 2.75) is 44.8 Å². The molecule has 0 aromatic carbocycles. The maximum atomic E-state index is 11.0. The Hall–Kier alpha value is -0.580. The molecule has 0 aliphatic heterocycles. The van der Waals surface area contributed by atoms with Crippen LogP contribution in [-0.4, -0.2) is 28.6 Å². The van der Waals surface area contributed by atoms with Gasteiger partial charge in [-0.3, -0.25) is 4.68 Å². The van der Waals surface area contributed by atoms with E-state index in [1.165, 1.54) is 0 Å². The molecule has 18 heavy (non-hydrogen) atoms. The first-order chi connectivity index (χ1) is 8.63. The van der Waals surface area contributed by atoms with Gasteiger partial charge < -0.3 is 9.84 Å². The molecule has 1 fully saturated rings. The third kappa shape index (κ3) is 2.56. The van der Waals surface area contributed by atoms with Crippen molar-refractivity contribution in [1.82, 2.24) is 9.78 Å². The van der Waals surface area contributed by atoms with E-state index in [-0.39, 0.29) is 0 Å². The molecule has 1 atom stereocenters. The smallest absolute Gasteiger partial charge is 0.110 e. The van der Waals surface area contributed by atoms with Crippen LogP contribution in [0.2, 0.25) is 5.02 Å².